The van der Waals surface area contributed by atoms with Crippen LogP contribution >= 0.6 is 0 Å². The summed E-state index contributed by atoms with van der Waals surface area (Å²) >= 11 is 0. The van der Waals surface area contributed by atoms with Crippen LogP contribution in [0.5, 0.6) is 0 Å². The van der Waals surface area contributed by atoms with Gasteiger partial charge in [0.1, 0.15) is 5.69 Å². The number of rotatable bonds is 5. The van der Waals surface area contributed by atoms with Crippen molar-refractivity contribution in [3.63, 3.8) is 0 Å². The van der Waals surface area contributed by atoms with E-state index in [0.717, 1.165) is 12.3 Å². The van der Waals surface area contributed by atoms with Crippen molar-refractivity contribution in [2.45, 2.75) is 11.4 Å². The Kier molecular flexibility index (Phi) is 3.70. The number of nitro benzene ring substituents is 1. The molecular weight excluding hydrogens is 286 g/mol. The van der Waals surface area contributed by atoms with E-state index in [1.54, 1.807) is 6.07 Å². The molecule has 0 amide bonds. The van der Waals surface area contributed by atoms with Crippen molar-refractivity contribution < 1.29 is 17.9 Å². The summed E-state index contributed by atoms with van der Waals surface area (Å²) in [6.07, 6.45) is 2.45. The van der Waals surface area contributed by atoms with Gasteiger partial charge in [0.25, 0.3) is 5.69 Å². The number of nitro groups is 1. The topological polar surface area (TPSA) is 115 Å². The maximum Gasteiger partial charge on any atom is 0.293 e. The summed E-state index contributed by atoms with van der Waals surface area (Å²) in [5.74, 6) is 0.506. The predicted molar refractivity (Wildman–Crippen MR) is 70.0 cm³/mol. The van der Waals surface area contributed by atoms with Gasteiger partial charge < -0.3 is 9.84 Å². The Hall–Kier alpha value is -2.42. The van der Waals surface area contributed by atoms with Crippen molar-refractivity contribution in [2.75, 3.05) is 11.6 Å². The smallest absolute Gasteiger partial charge is 0.293 e. The zero-order valence-corrected chi connectivity index (χ0v) is 11.3. The van der Waals surface area contributed by atoms with Gasteiger partial charge in [0, 0.05) is 18.4 Å². The molecule has 0 aliphatic rings. The zero-order valence-electron chi connectivity index (χ0n) is 10.4. The number of nitrogens with zero attached hydrogens (tertiary/aromatic N) is 2. The molecule has 106 valence electrons. The molecule has 0 saturated heterocycles. The van der Waals surface area contributed by atoms with Gasteiger partial charge in [0.2, 0.25) is 0 Å². The van der Waals surface area contributed by atoms with E-state index in [0.29, 0.717) is 5.76 Å². The molecule has 0 aliphatic carbocycles. The third kappa shape index (κ3) is 3.12. The first-order chi connectivity index (χ1) is 9.38. The van der Waals surface area contributed by atoms with Gasteiger partial charge in [-0.3, -0.25) is 10.1 Å². The Bertz CT molecular complexity index is 725. The van der Waals surface area contributed by atoms with Crippen LogP contribution in [0.1, 0.15) is 5.76 Å². The summed E-state index contributed by atoms with van der Waals surface area (Å²) in [5, 5.41) is 17.3. The van der Waals surface area contributed by atoms with Crippen molar-refractivity contribution in [2.24, 2.45) is 0 Å². The zero-order chi connectivity index (χ0) is 14.8. The van der Waals surface area contributed by atoms with Gasteiger partial charge in [0.05, 0.1) is 22.6 Å². The molecule has 0 spiro atoms. The molecular formula is C11H11N3O5S. The fourth-order valence-corrected chi connectivity index (χ4v) is 2.20. The van der Waals surface area contributed by atoms with E-state index in [1.807, 2.05) is 0 Å². The fourth-order valence-electron chi connectivity index (χ4n) is 1.56. The van der Waals surface area contributed by atoms with Crippen LogP contribution in [0, 0.1) is 10.1 Å². The van der Waals surface area contributed by atoms with E-state index in [1.165, 1.54) is 18.3 Å². The highest BCUT2D eigenvalue weighted by atomic mass is 32.2. The van der Waals surface area contributed by atoms with Crippen LogP contribution < -0.4 is 5.32 Å². The Morgan fingerprint density at radius 3 is 2.70 bits per heavy atom. The standard InChI is InChI=1S/C11H11N3O5S/c1-20(17,18)9-2-3-10(11(6-9)14(15)16)12-7-8-4-5-13-19-8/h2-6,12H,7H2,1H3. The summed E-state index contributed by atoms with van der Waals surface area (Å²) in [6, 6.07) is 5.30. The molecule has 2 aromatic rings. The third-order valence-corrected chi connectivity index (χ3v) is 3.65. The second-order valence-corrected chi connectivity index (χ2v) is 6.06. The van der Waals surface area contributed by atoms with E-state index < -0.39 is 14.8 Å². The van der Waals surface area contributed by atoms with Crippen LogP contribution in [-0.2, 0) is 16.4 Å². The molecule has 0 aliphatic heterocycles. The van der Waals surface area contributed by atoms with Gasteiger partial charge >= 0.3 is 0 Å². The van der Waals surface area contributed by atoms with Crippen LogP contribution in [0.4, 0.5) is 11.4 Å². The lowest BCUT2D eigenvalue weighted by atomic mass is 10.2. The summed E-state index contributed by atoms with van der Waals surface area (Å²) in [4.78, 5) is 10.3. The van der Waals surface area contributed by atoms with Crippen LogP contribution in [0.2, 0.25) is 0 Å². The van der Waals surface area contributed by atoms with Gasteiger partial charge in [-0.15, -0.1) is 0 Å². The minimum atomic E-state index is -3.49. The lowest BCUT2D eigenvalue weighted by Gasteiger charge is -2.06. The summed E-state index contributed by atoms with van der Waals surface area (Å²) in [7, 11) is -3.49. The number of anilines is 1. The second-order valence-electron chi connectivity index (χ2n) is 4.04. The third-order valence-electron chi connectivity index (χ3n) is 2.54. The van der Waals surface area contributed by atoms with Gasteiger partial charge in [-0.1, -0.05) is 5.16 Å². The minimum absolute atomic E-state index is 0.102. The second kappa shape index (κ2) is 5.29. The fraction of sp³-hybridized carbons (Fsp3) is 0.182. The molecule has 0 bridgehead atoms. The van der Waals surface area contributed by atoms with Crippen molar-refractivity contribution in [3.05, 3.63) is 46.3 Å². The first-order valence-electron chi connectivity index (χ1n) is 5.50. The molecule has 1 heterocycles. The van der Waals surface area contributed by atoms with Crippen LogP contribution in [0.15, 0.2) is 39.9 Å². The maximum atomic E-state index is 11.4. The molecule has 8 nitrogen and oxygen atoms in total. The number of hydrogen-bond donors (Lipinski definition) is 1. The number of nitrogens with one attached hydrogen (secondary N) is 1. The molecule has 0 saturated carbocycles. The van der Waals surface area contributed by atoms with Crippen molar-refractivity contribution in [3.8, 4) is 0 Å². The molecule has 1 N–H and O–H groups in total. The van der Waals surface area contributed by atoms with Gasteiger partial charge in [0.15, 0.2) is 15.6 Å². The highest BCUT2D eigenvalue weighted by Crippen LogP contribution is 2.27. The molecule has 2 rings (SSSR count). The Labute approximate surface area is 114 Å². The molecule has 1 aromatic heterocycles. The van der Waals surface area contributed by atoms with Crippen LogP contribution in [0.25, 0.3) is 0 Å². The predicted octanol–water partition coefficient (Wildman–Crippen LogP) is 1.60. The van der Waals surface area contributed by atoms with E-state index >= 15 is 0 Å². The number of hydrogen-bond acceptors (Lipinski definition) is 7. The maximum absolute atomic E-state index is 11.4. The first kappa shape index (κ1) is 14.0. The minimum Gasteiger partial charge on any atom is -0.372 e. The molecule has 0 fully saturated rings. The van der Waals surface area contributed by atoms with E-state index in [9.17, 15) is 18.5 Å². The highest BCUT2D eigenvalue weighted by molar-refractivity contribution is 7.90. The quantitative estimate of drug-likeness (QED) is 0.658. The van der Waals surface area contributed by atoms with Crippen molar-refractivity contribution >= 4 is 21.2 Å². The molecule has 9 heteroatoms. The summed E-state index contributed by atoms with van der Waals surface area (Å²) in [5.41, 5.74) is -0.105. The largest absolute Gasteiger partial charge is 0.372 e. The number of benzene rings is 1. The molecule has 0 atom stereocenters. The van der Waals surface area contributed by atoms with Crippen LogP contribution in [0.3, 0.4) is 0 Å². The first-order valence-corrected chi connectivity index (χ1v) is 7.39. The number of sulfone groups is 1. The van der Waals surface area contributed by atoms with Gasteiger partial charge in [-0.2, -0.15) is 0 Å². The average Bonchev–Trinajstić information content (AvgIpc) is 2.88. The van der Waals surface area contributed by atoms with Crippen molar-refractivity contribution in [1.29, 1.82) is 0 Å². The van der Waals surface area contributed by atoms with Crippen LogP contribution in [-0.4, -0.2) is 24.8 Å². The molecule has 20 heavy (non-hydrogen) atoms. The SMILES string of the molecule is CS(=O)(=O)c1ccc(NCc2ccno2)c([N+](=O)[O-])c1. The lowest BCUT2D eigenvalue weighted by Crippen LogP contribution is -2.04. The Morgan fingerprint density at radius 2 is 2.15 bits per heavy atom. The molecule has 0 radical (unpaired) electrons. The monoisotopic (exact) mass is 297 g/mol. The normalized spacial score (nSPS) is 11.2. The van der Waals surface area contributed by atoms with E-state index in [-0.39, 0.29) is 22.8 Å². The molecule has 1 aromatic carbocycles. The Balaban J connectivity index is 2.31. The summed E-state index contributed by atoms with van der Waals surface area (Å²) < 4.78 is 27.7. The summed E-state index contributed by atoms with van der Waals surface area (Å²) in [6.45, 7) is 0.207. The Morgan fingerprint density at radius 1 is 1.40 bits per heavy atom. The lowest BCUT2D eigenvalue weighted by molar-refractivity contribution is -0.384. The average molecular weight is 297 g/mol. The van der Waals surface area contributed by atoms with E-state index in [4.69, 9.17) is 4.52 Å². The number of aromatic nitrogens is 1. The van der Waals surface area contributed by atoms with E-state index in [2.05, 4.69) is 10.5 Å². The van der Waals surface area contributed by atoms with Gasteiger partial charge in [-0.25, -0.2) is 8.42 Å². The van der Waals surface area contributed by atoms with Crippen molar-refractivity contribution in [1.82, 2.24) is 5.16 Å². The molecule has 0 unspecified atom stereocenters. The highest BCUT2D eigenvalue weighted by Gasteiger charge is 2.18. The van der Waals surface area contributed by atoms with Gasteiger partial charge in [-0.05, 0) is 12.1 Å².